The lowest BCUT2D eigenvalue weighted by atomic mass is 10.1. The highest BCUT2D eigenvalue weighted by Gasteiger charge is 2.23. The number of piperidine rings is 1. The van der Waals surface area contributed by atoms with E-state index in [2.05, 4.69) is 15.6 Å². The first kappa shape index (κ1) is 14.7. The number of nitrogens with zero attached hydrogens (tertiary/aromatic N) is 3. The fourth-order valence-electron chi connectivity index (χ4n) is 2.28. The Kier molecular flexibility index (Phi) is 4.91. The van der Waals surface area contributed by atoms with Crippen molar-refractivity contribution in [1.82, 2.24) is 14.9 Å². The van der Waals surface area contributed by atoms with Crippen molar-refractivity contribution < 1.29 is 9.66 Å². The van der Waals surface area contributed by atoms with Crippen molar-refractivity contribution in [3.05, 3.63) is 15.9 Å². The van der Waals surface area contributed by atoms with Crippen LogP contribution in [0, 0.1) is 17.0 Å². The molecular formula is C12H21N5O3. The largest absolute Gasteiger partial charge is 0.406 e. The zero-order chi connectivity index (χ0) is 14.5. The Morgan fingerprint density at radius 2 is 2.25 bits per heavy atom. The Morgan fingerprint density at radius 3 is 2.90 bits per heavy atom. The highest BCUT2D eigenvalue weighted by Crippen LogP contribution is 2.23. The van der Waals surface area contributed by atoms with Gasteiger partial charge >= 0.3 is 5.82 Å². The number of anilines is 1. The molecule has 0 radical (unpaired) electrons. The van der Waals surface area contributed by atoms with Crippen LogP contribution in [0.15, 0.2) is 0 Å². The van der Waals surface area contributed by atoms with Crippen LogP contribution >= 0.6 is 0 Å². The van der Waals surface area contributed by atoms with Crippen molar-refractivity contribution in [3.8, 4) is 0 Å². The van der Waals surface area contributed by atoms with Crippen LogP contribution < -0.4 is 10.6 Å². The lowest BCUT2D eigenvalue weighted by Crippen LogP contribution is -2.33. The molecule has 1 saturated heterocycles. The van der Waals surface area contributed by atoms with Crippen LogP contribution in [0.3, 0.4) is 0 Å². The molecule has 0 amide bonds. The van der Waals surface area contributed by atoms with Gasteiger partial charge in [-0.3, -0.25) is 4.57 Å². The Balaban J connectivity index is 1.83. The first-order chi connectivity index (χ1) is 9.59. The van der Waals surface area contributed by atoms with Gasteiger partial charge in [0.2, 0.25) is 11.6 Å². The fraction of sp³-hybridized carbons (Fsp3) is 0.750. The normalized spacial score (nSPS) is 16.3. The second-order valence-corrected chi connectivity index (χ2v) is 4.89. The Hall–Kier alpha value is -1.67. The van der Waals surface area contributed by atoms with E-state index >= 15 is 0 Å². The molecule has 1 aromatic heterocycles. The molecule has 0 aliphatic carbocycles. The molecule has 0 bridgehead atoms. The third kappa shape index (κ3) is 3.45. The Morgan fingerprint density at radius 1 is 1.55 bits per heavy atom. The number of hydrogen-bond donors (Lipinski definition) is 2. The molecule has 2 N–H and O–H groups in total. The molecule has 1 aromatic rings. The number of aromatic nitrogens is 2. The minimum absolute atomic E-state index is 0.133. The van der Waals surface area contributed by atoms with Gasteiger partial charge in [-0.15, -0.1) is 0 Å². The summed E-state index contributed by atoms with van der Waals surface area (Å²) in [7, 11) is 1.76. The number of nitrogens with one attached hydrogen (secondary N) is 2. The zero-order valence-electron chi connectivity index (χ0n) is 11.9. The number of nitro groups is 1. The van der Waals surface area contributed by atoms with Crippen molar-refractivity contribution in [2.45, 2.75) is 25.9 Å². The van der Waals surface area contributed by atoms with E-state index in [0.717, 1.165) is 25.9 Å². The second-order valence-electron chi connectivity index (χ2n) is 4.89. The van der Waals surface area contributed by atoms with Gasteiger partial charge in [-0.1, -0.05) is 0 Å². The molecule has 0 aromatic carbocycles. The Bertz CT molecular complexity index is 468. The lowest BCUT2D eigenvalue weighted by Gasteiger charge is -2.23. The third-order valence-corrected chi connectivity index (χ3v) is 3.51. The van der Waals surface area contributed by atoms with Gasteiger partial charge in [0.25, 0.3) is 0 Å². The van der Waals surface area contributed by atoms with Crippen molar-refractivity contribution in [3.63, 3.8) is 0 Å². The number of aryl methyl sites for hydroxylation is 1. The van der Waals surface area contributed by atoms with E-state index in [1.807, 2.05) is 0 Å². The van der Waals surface area contributed by atoms with Crippen molar-refractivity contribution in [2.24, 2.45) is 7.05 Å². The van der Waals surface area contributed by atoms with E-state index in [1.54, 1.807) is 18.5 Å². The summed E-state index contributed by atoms with van der Waals surface area (Å²) >= 11 is 0. The summed E-state index contributed by atoms with van der Waals surface area (Å²) in [5.74, 6) is 0.909. The maximum atomic E-state index is 10.9. The standard InChI is InChI=1S/C12H21N5O3/c1-9-15-12(17(18)19)11(16(9)2)14-7-8-20-10-3-5-13-6-4-10/h10,13-14H,3-8H2,1-2H3. The minimum Gasteiger partial charge on any atom is -0.376 e. The summed E-state index contributed by atoms with van der Waals surface area (Å²) < 4.78 is 7.43. The number of imidazole rings is 1. The van der Waals surface area contributed by atoms with E-state index in [1.165, 1.54) is 0 Å². The molecule has 0 spiro atoms. The van der Waals surface area contributed by atoms with Gasteiger partial charge in [-0.05, 0) is 35.8 Å². The van der Waals surface area contributed by atoms with Gasteiger partial charge in [0.1, 0.15) is 0 Å². The van der Waals surface area contributed by atoms with Gasteiger partial charge in [0.15, 0.2) is 0 Å². The molecule has 1 fully saturated rings. The molecule has 8 heteroatoms. The molecule has 2 rings (SSSR count). The SMILES string of the molecule is Cc1nc([N+](=O)[O-])c(NCCOC2CCNCC2)n1C. The van der Waals surface area contributed by atoms with Crippen LogP contribution in [0.1, 0.15) is 18.7 Å². The Labute approximate surface area is 117 Å². The summed E-state index contributed by atoms with van der Waals surface area (Å²) in [5.41, 5.74) is 0. The quantitative estimate of drug-likeness (QED) is 0.456. The van der Waals surface area contributed by atoms with E-state index in [9.17, 15) is 10.1 Å². The van der Waals surface area contributed by atoms with Gasteiger partial charge in [-0.25, -0.2) is 0 Å². The van der Waals surface area contributed by atoms with E-state index < -0.39 is 4.92 Å². The number of rotatable bonds is 6. The molecule has 8 nitrogen and oxygen atoms in total. The summed E-state index contributed by atoms with van der Waals surface area (Å²) in [6, 6.07) is 0. The molecule has 1 aliphatic heterocycles. The topological polar surface area (TPSA) is 94.2 Å². The molecule has 0 unspecified atom stereocenters. The fourth-order valence-corrected chi connectivity index (χ4v) is 2.28. The second kappa shape index (κ2) is 6.67. The number of ether oxygens (including phenoxy) is 1. The molecule has 0 atom stereocenters. The van der Waals surface area contributed by atoms with Crippen molar-refractivity contribution in [1.29, 1.82) is 0 Å². The monoisotopic (exact) mass is 283 g/mol. The summed E-state index contributed by atoms with van der Waals surface area (Å²) in [6.07, 6.45) is 2.33. The molecule has 112 valence electrons. The highest BCUT2D eigenvalue weighted by atomic mass is 16.6. The average molecular weight is 283 g/mol. The van der Waals surface area contributed by atoms with Crippen molar-refractivity contribution >= 4 is 11.6 Å². The lowest BCUT2D eigenvalue weighted by molar-refractivity contribution is -0.388. The molecule has 2 heterocycles. The first-order valence-electron chi connectivity index (χ1n) is 6.83. The van der Waals surface area contributed by atoms with Crippen LogP contribution in [0.2, 0.25) is 0 Å². The van der Waals surface area contributed by atoms with Crippen LogP contribution in [0.25, 0.3) is 0 Å². The summed E-state index contributed by atoms with van der Waals surface area (Å²) in [5, 5.41) is 17.2. The predicted octanol–water partition coefficient (Wildman–Crippen LogP) is 0.817. The van der Waals surface area contributed by atoms with Crippen LogP contribution in [-0.4, -0.2) is 46.8 Å². The van der Waals surface area contributed by atoms with E-state index in [-0.39, 0.29) is 5.82 Å². The smallest absolute Gasteiger partial charge is 0.376 e. The van der Waals surface area contributed by atoms with E-state index in [0.29, 0.717) is 30.9 Å². The summed E-state index contributed by atoms with van der Waals surface area (Å²) in [4.78, 5) is 14.4. The minimum atomic E-state index is -0.469. The number of hydrogen-bond acceptors (Lipinski definition) is 6. The molecule has 1 aliphatic rings. The maximum Gasteiger partial charge on any atom is 0.406 e. The van der Waals surface area contributed by atoms with Crippen LogP contribution in [0.5, 0.6) is 0 Å². The van der Waals surface area contributed by atoms with E-state index in [4.69, 9.17) is 4.74 Å². The van der Waals surface area contributed by atoms with Gasteiger partial charge in [0, 0.05) is 20.5 Å². The first-order valence-corrected chi connectivity index (χ1v) is 6.83. The maximum absolute atomic E-state index is 10.9. The molecule has 20 heavy (non-hydrogen) atoms. The van der Waals surface area contributed by atoms with Crippen LogP contribution in [0.4, 0.5) is 11.6 Å². The molecule has 0 saturated carbocycles. The third-order valence-electron chi connectivity index (χ3n) is 3.51. The van der Waals surface area contributed by atoms with Gasteiger partial charge in [0.05, 0.1) is 12.7 Å². The average Bonchev–Trinajstić information content (AvgIpc) is 2.73. The highest BCUT2D eigenvalue weighted by molar-refractivity contribution is 5.53. The zero-order valence-corrected chi connectivity index (χ0v) is 11.9. The predicted molar refractivity (Wildman–Crippen MR) is 74.9 cm³/mol. The van der Waals surface area contributed by atoms with Crippen LogP contribution in [-0.2, 0) is 11.8 Å². The van der Waals surface area contributed by atoms with Gasteiger partial charge < -0.3 is 25.5 Å². The summed E-state index contributed by atoms with van der Waals surface area (Å²) in [6.45, 7) is 4.79. The molecular weight excluding hydrogens is 262 g/mol. The van der Waals surface area contributed by atoms with Gasteiger partial charge in [-0.2, -0.15) is 0 Å². The van der Waals surface area contributed by atoms with Crippen molar-refractivity contribution in [2.75, 3.05) is 31.6 Å².